The van der Waals surface area contributed by atoms with Gasteiger partial charge in [0.15, 0.2) is 11.6 Å². The van der Waals surface area contributed by atoms with Crippen LogP contribution in [0.15, 0.2) is 42.5 Å². The summed E-state index contributed by atoms with van der Waals surface area (Å²) in [5.74, 6) is 0.0903. The molecule has 1 N–H and O–H groups in total. The molecule has 0 aliphatic carbocycles. The van der Waals surface area contributed by atoms with Gasteiger partial charge in [-0.3, -0.25) is 9.69 Å². The number of likely N-dealkylation sites (tertiary alicyclic amines) is 1. The number of carbonyl (C=O) groups excluding carboxylic acids is 2. The third kappa shape index (κ3) is 5.37. The predicted molar refractivity (Wildman–Crippen MR) is 120 cm³/mol. The molecule has 0 bridgehead atoms. The van der Waals surface area contributed by atoms with Gasteiger partial charge in [0.25, 0.3) is 0 Å². The number of amides is 3. The summed E-state index contributed by atoms with van der Waals surface area (Å²) in [6.07, 6.45) is 1.57. The van der Waals surface area contributed by atoms with Crippen LogP contribution in [0.25, 0.3) is 0 Å². The van der Waals surface area contributed by atoms with Crippen LogP contribution in [0.2, 0.25) is 0 Å². The topological polar surface area (TPSA) is 65.1 Å². The molecule has 2 aromatic rings. The van der Waals surface area contributed by atoms with Gasteiger partial charge in [-0.15, -0.1) is 0 Å². The van der Waals surface area contributed by atoms with E-state index in [9.17, 15) is 14.0 Å². The molecule has 2 aromatic carbocycles. The van der Waals surface area contributed by atoms with Crippen LogP contribution in [0.4, 0.5) is 14.9 Å². The van der Waals surface area contributed by atoms with Crippen molar-refractivity contribution in [3.63, 3.8) is 0 Å². The van der Waals surface area contributed by atoms with Crippen LogP contribution in [0.3, 0.4) is 0 Å². The van der Waals surface area contributed by atoms with Crippen LogP contribution < -0.4 is 10.1 Å². The average molecular weight is 441 g/mol. The highest BCUT2D eigenvalue weighted by molar-refractivity contribution is 5.89. The number of anilines is 1. The molecule has 0 aromatic heterocycles. The summed E-state index contributed by atoms with van der Waals surface area (Å²) in [7, 11) is 1.45. The van der Waals surface area contributed by atoms with E-state index in [0.29, 0.717) is 32.6 Å². The van der Waals surface area contributed by atoms with Crippen LogP contribution >= 0.6 is 0 Å². The molecule has 2 saturated heterocycles. The first kappa shape index (κ1) is 22.1. The quantitative estimate of drug-likeness (QED) is 0.749. The number of rotatable bonds is 6. The number of nitrogens with one attached hydrogen (secondary N) is 1. The molecular formula is C24H29FN4O3. The molecule has 2 aliphatic rings. The van der Waals surface area contributed by atoms with E-state index in [2.05, 4.69) is 10.2 Å². The number of carbonyl (C=O) groups is 2. The van der Waals surface area contributed by atoms with Gasteiger partial charge in [0, 0.05) is 57.9 Å². The normalized spacial score (nSPS) is 17.0. The zero-order chi connectivity index (χ0) is 22.5. The summed E-state index contributed by atoms with van der Waals surface area (Å²) in [6, 6.07) is 12.5. The number of benzene rings is 2. The van der Waals surface area contributed by atoms with Gasteiger partial charge in [-0.25, -0.2) is 9.18 Å². The molecule has 0 unspecified atom stereocenters. The van der Waals surface area contributed by atoms with Gasteiger partial charge in [-0.05, 0) is 41.8 Å². The molecule has 4 rings (SSSR count). The summed E-state index contributed by atoms with van der Waals surface area (Å²) in [5.41, 5.74) is 2.68. The fourth-order valence-corrected chi connectivity index (χ4v) is 4.16. The van der Waals surface area contributed by atoms with Gasteiger partial charge in [0.2, 0.25) is 5.91 Å². The van der Waals surface area contributed by atoms with Crippen molar-refractivity contribution in [2.75, 3.05) is 45.2 Å². The minimum absolute atomic E-state index is 0.123. The molecule has 2 fully saturated rings. The summed E-state index contributed by atoms with van der Waals surface area (Å²) in [6.45, 7) is 4.74. The average Bonchev–Trinajstić information content (AvgIpc) is 3.20. The van der Waals surface area contributed by atoms with Crippen LogP contribution in [0.5, 0.6) is 5.75 Å². The van der Waals surface area contributed by atoms with E-state index in [1.165, 1.54) is 13.2 Å². The molecule has 0 atom stereocenters. The standard InChI is InChI=1S/C24H29FN4O3/c1-32-22-9-6-19(15-21(22)25)16-27-11-13-28(14-12-27)24(31)26-20-7-4-18(5-8-20)17-29-10-2-3-23(29)30/h4-9,15H,2-3,10-14,16-17H2,1H3,(H,26,31). The van der Waals surface area contributed by atoms with Crippen molar-refractivity contribution in [2.24, 2.45) is 0 Å². The second kappa shape index (κ2) is 9.99. The fraction of sp³-hybridized carbons (Fsp3) is 0.417. The first-order valence-electron chi connectivity index (χ1n) is 11.0. The van der Waals surface area contributed by atoms with Crippen LogP contribution in [0, 0.1) is 5.82 Å². The molecular weight excluding hydrogens is 411 g/mol. The van der Waals surface area contributed by atoms with Crippen molar-refractivity contribution >= 4 is 17.6 Å². The zero-order valence-electron chi connectivity index (χ0n) is 18.3. The monoisotopic (exact) mass is 440 g/mol. The molecule has 0 spiro atoms. The highest BCUT2D eigenvalue weighted by atomic mass is 19.1. The van der Waals surface area contributed by atoms with E-state index in [0.717, 1.165) is 42.9 Å². The van der Waals surface area contributed by atoms with E-state index in [4.69, 9.17) is 4.74 Å². The van der Waals surface area contributed by atoms with Crippen molar-refractivity contribution in [3.8, 4) is 5.75 Å². The van der Waals surface area contributed by atoms with Crippen molar-refractivity contribution in [3.05, 3.63) is 59.4 Å². The lowest BCUT2D eigenvalue weighted by atomic mass is 10.2. The Labute approximate surface area is 187 Å². The summed E-state index contributed by atoms with van der Waals surface area (Å²) in [4.78, 5) is 30.3. The number of urea groups is 1. The van der Waals surface area contributed by atoms with Gasteiger partial charge in [-0.2, -0.15) is 0 Å². The van der Waals surface area contributed by atoms with Gasteiger partial charge in [0.1, 0.15) is 0 Å². The van der Waals surface area contributed by atoms with Gasteiger partial charge < -0.3 is 19.9 Å². The van der Waals surface area contributed by atoms with E-state index < -0.39 is 0 Å². The Bertz CT molecular complexity index is 958. The summed E-state index contributed by atoms with van der Waals surface area (Å²) in [5, 5.41) is 2.95. The van der Waals surface area contributed by atoms with Crippen LogP contribution in [-0.2, 0) is 17.9 Å². The van der Waals surface area contributed by atoms with Crippen molar-refractivity contribution < 1.29 is 18.7 Å². The Hall–Kier alpha value is -3.13. The van der Waals surface area contributed by atoms with E-state index in [1.54, 1.807) is 11.0 Å². The molecule has 8 heteroatoms. The Morgan fingerprint density at radius 1 is 1.00 bits per heavy atom. The second-order valence-electron chi connectivity index (χ2n) is 8.28. The Morgan fingerprint density at radius 3 is 2.34 bits per heavy atom. The molecule has 7 nitrogen and oxygen atoms in total. The molecule has 2 heterocycles. The van der Waals surface area contributed by atoms with Crippen LogP contribution in [0.1, 0.15) is 24.0 Å². The maximum atomic E-state index is 13.9. The SMILES string of the molecule is COc1ccc(CN2CCN(C(=O)Nc3ccc(CN4CCCC4=O)cc3)CC2)cc1F. The van der Waals surface area contributed by atoms with Crippen molar-refractivity contribution in [2.45, 2.75) is 25.9 Å². The molecule has 0 saturated carbocycles. The number of piperazine rings is 1. The first-order valence-corrected chi connectivity index (χ1v) is 11.0. The van der Waals surface area contributed by atoms with Crippen molar-refractivity contribution in [1.82, 2.24) is 14.7 Å². The molecule has 32 heavy (non-hydrogen) atoms. The third-order valence-electron chi connectivity index (χ3n) is 6.03. The minimum Gasteiger partial charge on any atom is -0.494 e. The van der Waals surface area contributed by atoms with E-state index in [1.807, 2.05) is 35.2 Å². The lowest BCUT2D eigenvalue weighted by Gasteiger charge is -2.34. The van der Waals surface area contributed by atoms with Gasteiger partial charge in [0.05, 0.1) is 7.11 Å². The molecule has 0 radical (unpaired) electrons. The van der Waals surface area contributed by atoms with Gasteiger partial charge >= 0.3 is 6.03 Å². The maximum Gasteiger partial charge on any atom is 0.321 e. The lowest BCUT2D eigenvalue weighted by Crippen LogP contribution is -2.49. The molecule has 3 amide bonds. The smallest absolute Gasteiger partial charge is 0.321 e. The highest BCUT2D eigenvalue weighted by Crippen LogP contribution is 2.20. The Kier molecular flexibility index (Phi) is 6.90. The number of methoxy groups -OCH3 is 1. The Balaban J connectivity index is 1.23. The first-order chi connectivity index (χ1) is 15.5. The van der Waals surface area contributed by atoms with E-state index >= 15 is 0 Å². The summed E-state index contributed by atoms with van der Waals surface area (Å²) < 4.78 is 18.9. The number of hydrogen-bond acceptors (Lipinski definition) is 4. The molecule has 170 valence electrons. The Morgan fingerprint density at radius 2 is 1.72 bits per heavy atom. The van der Waals surface area contributed by atoms with E-state index in [-0.39, 0.29) is 23.5 Å². The third-order valence-corrected chi connectivity index (χ3v) is 6.03. The maximum absolute atomic E-state index is 13.9. The van der Waals surface area contributed by atoms with Crippen molar-refractivity contribution in [1.29, 1.82) is 0 Å². The zero-order valence-corrected chi connectivity index (χ0v) is 18.3. The number of halogens is 1. The fourth-order valence-electron chi connectivity index (χ4n) is 4.16. The van der Waals surface area contributed by atoms with Gasteiger partial charge in [-0.1, -0.05) is 18.2 Å². The minimum atomic E-state index is -0.360. The molecule has 2 aliphatic heterocycles. The number of ether oxygens (including phenoxy) is 1. The second-order valence-corrected chi connectivity index (χ2v) is 8.28. The largest absolute Gasteiger partial charge is 0.494 e. The lowest BCUT2D eigenvalue weighted by molar-refractivity contribution is -0.128. The summed E-state index contributed by atoms with van der Waals surface area (Å²) >= 11 is 0. The predicted octanol–water partition coefficient (Wildman–Crippen LogP) is 3.31. The number of nitrogens with zero attached hydrogens (tertiary/aromatic N) is 3. The number of hydrogen-bond donors (Lipinski definition) is 1. The highest BCUT2D eigenvalue weighted by Gasteiger charge is 2.22. The van der Waals surface area contributed by atoms with Crippen LogP contribution in [-0.4, -0.2) is 66.5 Å².